The molecule has 2 aromatic carbocycles. The van der Waals surface area contributed by atoms with Crippen molar-refractivity contribution in [2.75, 3.05) is 44.3 Å². The Morgan fingerprint density at radius 1 is 1.02 bits per heavy atom. The summed E-state index contributed by atoms with van der Waals surface area (Å²) in [6.07, 6.45) is 5.59. The number of ether oxygens (including phenoxy) is 1. The number of hydrogen-bond donors (Lipinski definition) is 1. The van der Waals surface area contributed by atoms with E-state index in [0.29, 0.717) is 70.2 Å². The molecule has 0 bridgehead atoms. The van der Waals surface area contributed by atoms with Crippen LogP contribution in [-0.2, 0) is 4.79 Å². The van der Waals surface area contributed by atoms with Gasteiger partial charge in [0.25, 0.3) is 0 Å². The number of aliphatic hydroxyl groups is 1. The number of rotatable bonds is 12. The van der Waals surface area contributed by atoms with E-state index in [4.69, 9.17) is 19.8 Å². The molecule has 9 nitrogen and oxygen atoms in total. The van der Waals surface area contributed by atoms with Crippen LogP contribution in [0.2, 0.25) is 0 Å². The summed E-state index contributed by atoms with van der Waals surface area (Å²) in [6.45, 7) is 6.85. The Labute approximate surface area is 245 Å². The zero-order valence-electron chi connectivity index (χ0n) is 23.5. The second-order valence-electron chi connectivity index (χ2n) is 10.2. The first-order valence-corrected chi connectivity index (χ1v) is 14.3. The first-order valence-electron chi connectivity index (χ1n) is 14.3. The SMILES string of the molecule is C=Cc1ccc(C2=NC(c3ccc(F)cc3)=NC2CCCC(=O)N2CCN(c3cc(OCCCO)ncn3)CC2)cc1. The summed E-state index contributed by atoms with van der Waals surface area (Å²) in [5.74, 6) is 1.64. The Hall–Kier alpha value is -4.44. The van der Waals surface area contributed by atoms with E-state index in [-0.39, 0.29) is 24.4 Å². The predicted molar refractivity (Wildman–Crippen MR) is 162 cm³/mol. The maximum absolute atomic E-state index is 13.5. The lowest BCUT2D eigenvalue weighted by molar-refractivity contribution is -0.131. The van der Waals surface area contributed by atoms with E-state index in [2.05, 4.69) is 21.4 Å². The van der Waals surface area contributed by atoms with Crippen LogP contribution < -0.4 is 9.64 Å². The van der Waals surface area contributed by atoms with Crippen molar-refractivity contribution in [3.05, 3.63) is 90.0 Å². The number of aliphatic hydroxyl groups excluding tert-OH is 1. The largest absolute Gasteiger partial charge is 0.477 e. The van der Waals surface area contributed by atoms with E-state index in [1.165, 1.54) is 18.5 Å². The summed E-state index contributed by atoms with van der Waals surface area (Å²) < 4.78 is 19.1. The van der Waals surface area contributed by atoms with Gasteiger partial charge in [-0.05, 0) is 48.2 Å². The minimum Gasteiger partial charge on any atom is -0.477 e. The molecule has 1 N–H and O–H groups in total. The molecule has 2 aliphatic heterocycles. The fourth-order valence-corrected chi connectivity index (χ4v) is 5.03. The Kier molecular flexibility index (Phi) is 9.66. The fourth-order valence-electron chi connectivity index (χ4n) is 5.03. The van der Waals surface area contributed by atoms with Crippen molar-refractivity contribution < 1.29 is 19.0 Å². The number of anilines is 1. The molecule has 2 aliphatic rings. The number of nitrogens with zero attached hydrogens (tertiary/aromatic N) is 6. The van der Waals surface area contributed by atoms with Crippen LogP contribution in [0, 0.1) is 5.82 Å². The van der Waals surface area contributed by atoms with E-state index in [9.17, 15) is 9.18 Å². The molecule has 218 valence electrons. The van der Waals surface area contributed by atoms with Crippen molar-refractivity contribution in [2.24, 2.45) is 9.98 Å². The highest BCUT2D eigenvalue weighted by Crippen LogP contribution is 2.23. The highest BCUT2D eigenvalue weighted by molar-refractivity contribution is 6.18. The zero-order valence-corrected chi connectivity index (χ0v) is 23.5. The molecule has 0 radical (unpaired) electrons. The Bertz CT molecular complexity index is 1430. The van der Waals surface area contributed by atoms with Gasteiger partial charge in [-0.2, -0.15) is 0 Å². The first kappa shape index (κ1) is 29.1. The fraction of sp³-hybridized carbons (Fsp3) is 0.344. The molecule has 1 aromatic heterocycles. The molecule has 3 heterocycles. The molecule has 1 saturated heterocycles. The minimum atomic E-state index is -0.303. The lowest BCUT2D eigenvalue weighted by Crippen LogP contribution is -2.49. The highest BCUT2D eigenvalue weighted by Gasteiger charge is 2.26. The van der Waals surface area contributed by atoms with E-state index >= 15 is 0 Å². The van der Waals surface area contributed by atoms with Crippen molar-refractivity contribution in [1.82, 2.24) is 14.9 Å². The molecule has 10 heteroatoms. The average molecular weight is 571 g/mol. The minimum absolute atomic E-state index is 0.0669. The van der Waals surface area contributed by atoms with Crippen LogP contribution >= 0.6 is 0 Å². The molecule has 0 saturated carbocycles. The summed E-state index contributed by atoms with van der Waals surface area (Å²) >= 11 is 0. The molecule has 3 aromatic rings. The number of carbonyl (C=O) groups excluding carboxylic acids is 1. The third-order valence-electron chi connectivity index (χ3n) is 7.37. The van der Waals surface area contributed by atoms with Crippen molar-refractivity contribution in [3.8, 4) is 5.88 Å². The third kappa shape index (κ3) is 7.25. The van der Waals surface area contributed by atoms with Gasteiger partial charge in [0.1, 0.15) is 18.0 Å². The number of carbonyl (C=O) groups is 1. The van der Waals surface area contributed by atoms with Crippen molar-refractivity contribution in [3.63, 3.8) is 0 Å². The van der Waals surface area contributed by atoms with Crippen molar-refractivity contribution in [1.29, 1.82) is 0 Å². The van der Waals surface area contributed by atoms with Gasteiger partial charge in [-0.3, -0.25) is 9.79 Å². The van der Waals surface area contributed by atoms with Crippen molar-refractivity contribution >= 4 is 29.3 Å². The maximum Gasteiger partial charge on any atom is 0.222 e. The molecule has 0 aliphatic carbocycles. The number of benzene rings is 2. The molecule has 5 rings (SSSR count). The second-order valence-corrected chi connectivity index (χ2v) is 10.2. The molecule has 1 unspecified atom stereocenters. The topological polar surface area (TPSA) is 104 Å². The number of piperazine rings is 1. The van der Waals surface area contributed by atoms with E-state index < -0.39 is 0 Å². The summed E-state index contributed by atoms with van der Waals surface area (Å²) in [4.78, 5) is 35.3. The third-order valence-corrected chi connectivity index (χ3v) is 7.37. The van der Waals surface area contributed by atoms with Crippen molar-refractivity contribution in [2.45, 2.75) is 31.7 Å². The smallest absolute Gasteiger partial charge is 0.222 e. The van der Waals surface area contributed by atoms with Gasteiger partial charge in [0.2, 0.25) is 11.8 Å². The molecule has 0 spiro atoms. The van der Waals surface area contributed by atoms with Gasteiger partial charge in [0, 0.05) is 57.3 Å². The Morgan fingerprint density at radius 3 is 2.48 bits per heavy atom. The standard InChI is InChI=1S/C32H35FN6O3/c1-2-23-7-9-24(10-8-23)31-27(36-32(37-31)25-11-13-26(33)14-12-25)5-3-6-30(41)39-17-15-38(16-18-39)28-21-29(35-22-34-28)42-20-4-19-40/h2,7-14,21-22,27,40H,1,3-6,15-20H2. The van der Waals surface area contributed by atoms with Gasteiger partial charge >= 0.3 is 0 Å². The number of amides is 1. The quantitative estimate of drug-likeness (QED) is 0.328. The second kappa shape index (κ2) is 14.0. The van der Waals surface area contributed by atoms with Gasteiger partial charge < -0.3 is 19.6 Å². The zero-order chi connectivity index (χ0) is 29.3. The van der Waals surface area contributed by atoms with Gasteiger partial charge in [0.05, 0.1) is 18.4 Å². The van der Waals surface area contributed by atoms with Crippen LogP contribution in [0.15, 0.2) is 77.5 Å². The lowest BCUT2D eigenvalue weighted by Gasteiger charge is -2.35. The first-order chi connectivity index (χ1) is 20.5. The number of amidine groups is 1. The van der Waals surface area contributed by atoms with Crippen LogP contribution in [0.5, 0.6) is 5.88 Å². The summed E-state index contributed by atoms with van der Waals surface area (Å²) in [5, 5.41) is 8.94. The molecule has 42 heavy (non-hydrogen) atoms. The average Bonchev–Trinajstić information content (AvgIpc) is 3.46. The molecular formula is C32H35FN6O3. The van der Waals surface area contributed by atoms with Gasteiger partial charge in [-0.1, -0.05) is 36.9 Å². The predicted octanol–water partition coefficient (Wildman–Crippen LogP) is 4.16. The van der Waals surface area contributed by atoms with Gasteiger partial charge in [-0.25, -0.2) is 19.4 Å². The number of aliphatic imine (C=N–C) groups is 2. The molecule has 1 atom stereocenters. The van der Waals surface area contributed by atoms with E-state index in [1.807, 2.05) is 29.2 Å². The van der Waals surface area contributed by atoms with Crippen LogP contribution in [-0.4, -0.2) is 82.9 Å². The summed E-state index contributed by atoms with van der Waals surface area (Å²) in [7, 11) is 0. The molecular weight excluding hydrogens is 535 g/mol. The maximum atomic E-state index is 13.5. The number of hydrogen-bond acceptors (Lipinski definition) is 8. The van der Waals surface area contributed by atoms with Gasteiger partial charge in [-0.15, -0.1) is 0 Å². The van der Waals surface area contributed by atoms with Gasteiger partial charge in [0.15, 0.2) is 5.84 Å². The molecule has 1 amide bonds. The normalized spacial score (nSPS) is 16.7. The summed E-state index contributed by atoms with van der Waals surface area (Å²) in [5.41, 5.74) is 3.61. The van der Waals surface area contributed by atoms with E-state index in [1.54, 1.807) is 24.3 Å². The number of halogens is 1. The lowest BCUT2D eigenvalue weighted by atomic mass is 9.98. The van der Waals surface area contributed by atoms with E-state index in [0.717, 1.165) is 28.2 Å². The molecule has 1 fully saturated rings. The monoisotopic (exact) mass is 570 g/mol. The Morgan fingerprint density at radius 2 is 1.76 bits per heavy atom. The van der Waals surface area contributed by atoms with Crippen LogP contribution in [0.25, 0.3) is 6.08 Å². The number of aromatic nitrogens is 2. The highest BCUT2D eigenvalue weighted by atomic mass is 19.1. The van der Waals surface area contributed by atoms with Crippen LogP contribution in [0.1, 0.15) is 42.4 Å². The summed E-state index contributed by atoms with van der Waals surface area (Å²) in [6, 6.07) is 15.8. The van der Waals surface area contributed by atoms with Crippen LogP contribution in [0.3, 0.4) is 0 Å². The van der Waals surface area contributed by atoms with Crippen LogP contribution in [0.4, 0.5) is 10.2 Å². The Balaban J connectivity index is 1.16.